The maximum absolute atomic E-state index is 14.5. The monoisotopic (exact) mass is 487 g/mol. The molecule has 1 amide bonds. The Morgan fingerprint density at radius 1 is 1.06 bits per heavy atom. The molecule has 1 aromatic carbocycles. The fourth-order valence-electron chi connectivity index (χ4n) is 8.04. The molecule has 2 aromatic rings. The van der Waals surface area contributed by atoms with Crippen LogP contribution in [0.15, 0.2) is 42.5 Å². The number of hydrogen-bond acceptors (Lipinski definition) is 4. The van der Waals surface area contributed by atoms with Gasteiger partial charge >= 0.3 is 0 Å². The molecule has 4 aliphatic rings. The van der Waals surface area contributed by atoms with Crippen LogP contribution in [0.3, 0.4) is 0 Å². The molecule has 3 heterocycles. The minimum absolute atomic E-state index is 0.00823. The first-order valence-electron chi connectivity index (χ1n) is 14.3. The normalized spacial score (nSPS) is 30.8. The van der Waals surface area contributed by atoms with Crippen LogP contribution in [0, 0.1) is 11.8 Å². The molecule has 0 bridgehead atoms. The van der Waals surface area contributed by atoms with Crippen molar-refractivity contribution in [3.63, 3.8) is 0 Å². The Kier molecular flexibility index (Phi) is 6.76. The van der Waals surface area contributed by atoms with Gasteiger partial charge in [-0.3, -0.25) is 4.79 Å². The Labute approximate surface area is 216 Å². The van der Waals surface area contributed by atoms with E-state index in [2.05, 4.69) is 46.6 Å². The molecule has 36 heavy (non-hydrogen) atoms. The zero-order valence-corrected chi connectivity index (χ0v) is 21.8. The highest BCUT2D eigenvalue weighted by molar-refractivity contribution is 5.82. The summed E-state index contributed by atoms with van der Waals surface area (Å²) < 4.78 is 5.43. The van der Waals surface area contributed by atoms with Crippen molar-refractivity contribution in [3.8, 4) is 5.88 Å². The highest BCUT2D eigenvalue weighted by atomic mass is 16.5. The number of benzene rings is 1. The molecule has 3 fully saturated rings. The van der Waals surface area contributed by atoms with Crippen LogP contribution in [0.25, 0.3) is 0 Å². The predicted octanol–water partition coefficient (Wildman–Crippen LogP) is 5.24. The zero-order valence-electron chi connectivity index (χ0n) is 21.8. The first-order chi connectivity index (χ1) is 17.7. The second-order valence-corrected chi connectivity index (χ2v) is 11.7. The number of rotatable bonds is 4. The predicted molar refractivity (Wildman–Crippen MR) is 142 cm³/mol. The average Bonchev–Trinajstić information content (AvgIpc) is 3.37. The number of fused-ring (bicyclic) bond motifs is 2. The number of carbonyl (C=O) groups excluding carboxylic acids is 1. The highest BCUT2D eigenvalue weighted by Crippen LogP contribution is 2.47. The third-order valence-electron chi connectivity index (χ3n) is 9.88. The van der Waals surface area contributed by atoms with Gasteiger partial charge in [0.2, 0.25) is 11.8 Å². The SMILES string of the molecule is COc1ccc2c(n1)CCC[C@]21CNC[C@H]1C(=O)N1CC[C@@H](c2ccccc2)C[C@H]1C1CCCCC1. The van der Waals surface area contributed by atoms with Crippen molar-refractivity contribution < 1.29 is 9.53 Å². The lowest BCUT2D eigenvalue weighted by molar-refractivity contribution is -0.143. The van der Waals surface area contributed by atoms with Gasteiger partial charge in [0.05, 0.1) is 13.0 Å². The van der Waals surface area contributed by atoms with E-state index in [9.17, 15) is 4.79 Å². The van der Waals surface area contributed by atoms with Gasteiger partial charge in [-0.05, 0) is 67.9 Å². The van der Waals surface area contributed by atoms with Gasteiger partial charge in [0, 0.05) is 42.9 Å². The van der Waals surface area contributed by atoms with E-state index in [1.807, 2.05) is 6.07 Å². The van der Waals surface area contributed by atoms with E-state index in [0.29, 0.717) is 29.7 Å². The van der Waals surface area contributed by atoms with Crippen LogP contribution in [-0.2, 0) is 16.6 Å². The maximum Gasteiger partial charge on any atom is 0.228 e. The molecule has 0 radical (unpaired) electrons. The van der Waals surface area contributed by atoms with E-state index < -0.39 is 0 Å². The van der Waals surface area contributed by atoms with Gasteiger partial charge in [-0.15, -0.1) is 0 Å². The largest absolute Gasteiger partial charge is 0.481 e. The molecule has 192 valence electrons. The third kappa shape index (κ3) is 4.23. The van der Waals surface area contributed by atoms with Crippen LogP contribution in [0.2, 0.25) is 0 Å². The number of nitrogens with zero attached hydrogens (tertiary/aromatic N) is 2. The number of hydrogen-bond donors (Lipinski definition) is 1. The Hall–Kier alpha value is -2.40. The zero-order chi connectivity index (χ0) is 24.5. The van der Waals surface area contributed by atoms with Gasteiger partial charge in [0.1, 0.15) is 0 Å². The molecule has 6 rings (SSSR count). The van der Waals surface area contributed by atoms with Crippen molar-refractivity contribution in [3.05, 3.63) is 59.3 Å². The molecule has 1 aromatic heterocycles. The molecular formula is C31H41N3O2. The summed E-state index contributed by atoms with van der Waals surface area (Å²) >= 11 is 0. The minimum Gasteiger partial charge on any atom is -0.481 e. The summed E-state index contributed by atoms with van der Waals surface area (Å²) in [6.45, 7) is 2.54. The fraction of sp³-hybridized carbons (Fsp3) is 0.613. The molecule has 4 atom stereocenters. The second-order valence-electron chi connectivity index (χ2n) is 11.7. The van der Waals surface area contributed by atoms with Gasteiger partial charge in [0.15, 0.2) is 0 Å². The molecule has 2 aliphatic carbocycles. The third-order valence-corrected chi connectivity index (χ3v) is 9.88. The molecule has 2 aliphatic heterocycles. The Morgan fingerprint density at radius 3 is 2.69 bits per heavy atom. The summed E-state index contributed by atoms with van der Waals surface area (Å²) in [6.07, 6.45) is 11.8. The first kappa shape index (κ1) is 24.0. The second kappa shape index (κ2) is 10.2. The van der Waals surface area contributed by atoms with E-state index in [1.54, 1.807) is 7.11 Å². The lowest BCUT2D eigenvalue weighted by Gasteiger charge is -2.48. The number of methoxy groups -OCH3 is 1. The fourth-order valence-corrected chi connectivity index (χ4v) is 8.04. The van der Waals surface area contributed by atoms with Gasteiger partial charge in [-0.25, -0.2) is 4.98 Å². The molecule has 1 saturated carbocycles. The van der Waals surface area contributed by atoms with Crippen LogP contribution in [-0.4, -0.2) is 48.6 Å². The van der Waals surface area contributed by atoms with E-state index >= 15 is 0 Å². The van der Waals surface area contributed by atoms with Crippen LogP contribution < -0.4 is 10.1 Å². The number of piperidine rings is 1. The van der Waals surface area contributed by atoms with Gasteiger partial charge < -0.3 is 15.0 Å². The summed E-state index contributed by atoms with van der Waals surface area (Å²) in [5.74, 6) is 2.27. The van der Waals surface area contributed by atoms with Crippen molar-refractivity contribution in [2.24, 2.45) is 11.8 Å². The van der Waals surface area contributed by atoms with Crippen molar-refractivity contribution in [1.82, 2.24) is 15.2 Å². The lowest BCUT2D eigenvalue weighted by Crippen LogP contribution is -2.55. The van der Waals surface area contributed by atoms with Crippen LogP contribution in [0.4, 0.5) is 0 Å². The highest BCUT2D eigenvalue weighted by Gasteiger charge is 2.52. The van der Waals surface area contributed by atoms with Crippen molar-refractivity contribution >= 4 is 5.91 Å². The average molecular weight is 488 g/mol. The standard InChI is InChI=1S/C31H41N3O2/c1-36-29-15-14-25-27(33-29)13-8-17-31(25)21-32-20-26(31)30(35)34-18-16-24(22-9-4-2-5-10-22)19-28(34)23-11-6-3-7-12-23/h2,4-5,9-10,14-15,23-24,26,28,32H,3,6-8,11-13,16-21H2,1H3/t24-,26+,28+,31+/m1/s1. The molecule has 5 nitrogen and oxygen atoms in total. The van der Waals surface area contributed by atoms with Crippen molar-refractivity contribution in [2.75, 3.05) is 26.7 Å². The number of amides is 1. The Morgan fingerprint density at radius 2 is 1.89 bits per heavy atom. The number of aryl methyl sites for hydroxylation is 1. The van der Waals surface area contributed by atoms with E-state index in [4.69, 9.17) is 9.72 Å². The summed E-state index contributed by atoms with van der Waals surface area (Å²) in [7, 11) is 1.68. The van der Waals surface area contributed by atoms with Crippen LogP contribution in [0.5, 0.6) is 5.88 Å². The smallest absolute Gasteiger partial charge is 0.228 e. The molecule has 5 heteroatoms. The molecule has 1 spiro atoms. The van der Waals surface area contributed by atoms with Crippen molar-refractivity contribution in [1.29, 1.82) is 0 Å². The maximum atomic E-state index is 14.5. The number of nitrogens with one attached hydrogen (secondary N) is 1. The first-order valence-corrected chi connectivity index (χ1v) is 14.3. The van der Waals surface area contributed by atoms with Crippen LogP contribution in [0.1, 0.15) is 80.5 Å². The van der Waals surface area contributed by atoms with E-state index in [1.165, 1.54) is 43.2 Å². The number of aromatic nitrogens is 1. The molecule has 2 saturated heterocycles. The summed E-state index contributed by atoms with van der Waals surface area (Å²) in [5, 5.41) is 3.64. The van der Waals surface area contributed by atoms with Crippen molar-refractivity contribution in [2.45, 2.75) is 81.6 Å². The summed E-state index contributed by atoms with van der Waals surface area (Å²) in [6, 6.07) is 15.6. The topological polar surface area (TPSA) is 54.5 Å². The van der Waals surface area contributed by atoms with Gasteiger partial charge in [-0.1, -0.05) is 55.7 Å². The number of ether oxygens (including phenoxy) is 1. The Bertz CT molecular complexity index is 1070. The number of likely N-dealkylation sites (tertiary alicyclic amines) is 1. The molecular weight excluding hydrogens is 446 g/mol. The minimum atomic E-state index is -0.142. The molecule has 1 N–H and O–H groups in total. The van der Waals surface area contributed by atoms with E-state index in [-0.39, 0.29) is 11.3 Å². The van der Waals surface area contributed by atoms with E-state index in [0.717, 1.165) is 57.4 Å². The Balaban J connectivity index is 1.30. The van der Waals surface area contributed by atoms with Gasteiger partial charge in [-0.2, -0.15) is 0 Å². The summed E-state index contributed by atoms with van der Waals surface area (Å²) in [5.41, 5.74) is 3.72. The lowest BCUT2D eigenvalue weighted by atomic mass is 9.64. The van der Waals surface area contributed by atoms with Crippen LogP contribution >= 0.6 is 0 Å². The quantitative estimate of drug-likeness (QED) is 0.641. The summed E-state index contributed by atoms with van der Waals surface area (Å²) in [4.78, 5) is 21.7. The van der Waals surface area contributed by atoms with Gasteiger partial charge in [0.25, 0.3) is 0 Å². The number of carbonyl (C=O) groups is 1. The number of pyridine rings is 1. The molecule has 0 unspecified atom stereocenters.